The largest absolute Gasteiger partial charge is 0.395 e. The molecule has 1 heterocycles. The Morgan fingerprint density at radius 1 is 1.30 bits per heavy atom. The number of anilines is 1. The van der Waals surface area contributed by atoms with Gasteiger partial charge in [0.05, 0.1) is 6.61 Å². The van der Waals surface area contributed by atoms with Crippen LogP contribution in [0.4, 0.5) is 10.1 Å². The summed E-state index contributed by atoms with van der Waals surface area (Å²) in [6.07, 6.45) is 0. The second kappa shape index (κ2) is 7.02. The highest BCUT2D eigenvalue weighted by atomic mass is 19.1. The molecule has 0 amide bonds. The second-order valence-corrected chi connectivity index (χ2v) is 5.27. The Labute approximate surface area is 120 Å². The molecule has 1 atom stereocenters. The number of hydrogen-bond donors (Lipinski definition) is 2. The van der Waals surface area contributed by atoms with Crippen LogP contribution in [0.3, 0.4) is 0 Å². The number of hydrogen-bond acceptors (Lipinski definition) is 4. The van der Waals surface area contributed by atoms with Crippen LogP contribution in [-0.2, 0) is 0 Å². The molecule has 1 aromatic rings. The monoisotopic (exact) mass is 281 g/mol. The summed E-state index contributed by atoms with van der Waals surface area (Å²) in [6, 6.07) is 5.15. The van der Waals surface area contributed by atoms with Crippen molar-refractivity contribution < 1.29 is 9.50 Å². The van der Waals surface area contributed by atoms with Crippen molar-refractivity contribution in [2.24, 2.45) is 0 Å². The molecular formula is C15H24FN3O. The van der Waals surface area contributed by atoms with Crippen molar-refractivity contribution in [3.63, 3.8) is 0 Å². The first kappa shape index (κ1) is 15.2. The summed E-state index contributed by atoms with van der Waals surface area (Å²) in [6.45, 7) is 6.68. The zero-order valence-corrected chi connectivity index (χ0v) is 12.3. The quantitative estimate of drug-likeness (QED) is 0.851. The summed E-state index contributed by atoms with van der Waals surface area (Å²) in [5.74, 6) is -0.190. The predicted molar refractivity (Wildman–Crippen MR) is 79.6 cm³/mol. The fourth-order valence-electron chi connectivity index (χ4n) is 2.67. The molecule has 5 heteroatoms. The van der Waals surface area contributed by atoms with E-state index < -0.39 is 0 Å². The van der Waals surface area contributed by atoms with Crippen molar-refractivity contribution in [3.8, 4) is 0 Å². The van der Waals surface area contributed by atoms with Crippen LogP contribution in [0, 0.1) is 5.82 Å². The Hall–Kier alpha value is -1.17. The molecule has 112 valence electrons. The standard InChI is InChI=1S/C15H24FN3O/c1-12(17-2)14-11-13(16)3-4-15(14)19-7-5-18(6-8-19)9-10-20/h3-4,11-12,17,20H,5-10H2,1-2H3. The van der Waals surface area contributed by atoms with Crippen molar-refractivity contribution in [3.05, 3.63) is 29.6 Å². The summed E-state index contributed by atoms with van der Waals surface area (Å²) in [4.78, 5) is 4.55. The van der Waals surface area contributed by atoms with Crippen LogP contribution in [0.25, 0.3) is 0 Å². The predicted octanol–water partition coefficient (Wildman–Crippen LogP) is 1.22. The lowest BCUT2D eigenvalue weighted by Crippen LogP contribution is -2.47. The third-order valence-corrected chi connectivity index (χ3v) is 4.02. The number of nitrogens with one attached hydrogen (secondary N) is 1. The van der Waals surface area contributed by atoms with Crippen molar-refractivity contribution in [2.45, 2.75) is 13.0 Å². The van der Waals surface area contributed by atoms with Gasteiger partial charge in [-0.1, -0.05) is 0 Å². The minimum absolute atomic E-state index is 0.121. The lowest BCUT2D eigenvalue weighted by atomic mass is 10.0. The smallest absolute Gasteiger partial charge is 0.123 e. The number of benzene rings is 1. The molecule has 0 radical (unpaired) electrons. The summed E-state index contributed by atoms with van der Waals surface area (Å²) in [5.41, 5.74) is 2.11. The molecule has 20 heavy (non-hydrogen) atoms. The molecule has 4 nitrogen and oxygen atoms in total. The van der Waals surface area contributed by atoms with Crippen LogP contribution >= 0.6 is 0 Å². The average Bonchev–Trinajstić information content (AvgIpc) is 2.47. The van der Waals surface area contributed by atoms with Crippen LogP contribution < -0.4 is 10.2 Å². The third-order valence-electron chi connectivity index (χ3n) is 4.02. The van der Waals surface area contributed by atoms with Crippen LogP contribution in [0.2, 0.25) is 0 Å². The van der Waals surface area contributed by atoms with Gasteiger partial charge in [-0.15, -0.1) is 0 Å². The molecule has 2 N–H and O–H groups in total. The second-order valence-electron chi connectivity index (χ2n) is 5.27. The van der Waals surface area contributed by atoms with E-state index in [9.17, 15) is 4.39 Å². The topological polar surface area (TPSA) is 38.7 Å². The van der Waals surface area contributed by atoms with Gasteiger partial charge in [0.15, 0.2) is 0 Å². The van der Waals surface area contributed by atoms with E-state index in [2.05, 4.69) is 15.1 Å². The van der Waals surface area contributed by atoms with Gasteiger partial charge in [0.1, 0.15) is 5.82 Å². The number of piperazine rings is 1. The van der Waals surface area contributed by atoms with E-state index in [1.54, 1.807) is 6.07 Å². The maximum atomic E-state index is 13.5. The number of nitrogens with zero attached hydrogens (tertiary/aromatic N) is 2. The van der Waals surface area contributed by atoms with Crippen molar-refractivity contribution in [1.82, 2.24) is 10.2 Å². The Bertz CT molecular complexity index is 433. The van der Waals surface area contributed by atoms with Crippen molar-refractivity contribution in [2.75, 3.05) is 51.3 Å². The molecule has 0 spiro atoms. The molecule has 0 bridgehead atoms. The minimum atomic E-state index is -0.190. The molecule has 1 fully saturated rings. The van der Waals surface area contributed by atoms with Gasteiger partial charge in [-0.3, -0.25) is 4.90 Å². The van der Waals surface area contributed by atoms with Gasteiger partial charge in [-0.2, -0.15) is 0 Å². The van der Waals surface area contributed by atoms with Crippen LogP contribution in [-0.4, -0.2) is 56.4 Å². The van der Waals surface area contributed by atoms with Gasteiger partial charge in [0, 0.05) is 44.5 Å². The van der Waals surface area contributed by atoms with Gasteiger partial charge < -0.3 is 15.3 Å². The van der Waals surface area contributed by atoms with E-state index in [4.69, 9.17) is 5.11 Å². The van der Waals surface area contributed by atoms with Gasteiger partial charge in [0.25, 0.3) is 0 Å². The summed E-state index contributed by atoms with van der Waals surface area (Å²) >= 11 is 0. The molecule has 1 aliphatic heterocycles. The van der Waals surface area contributed by atoms with Gasteiger partial charge >= 0.3 is 0 Å². The van der Waals surface area contributed by atoms with E-state index >= 15 is 0 Å². The third kappa shape index (κ3) is 3.48. The van der Waals surface area contributed by atoms with E-state index in [0.29, 0.717) is 0 Å². The number of β-amino-alcohol motifs (C(OH)–C–C–N with tert-alkyl or cyclic N) is 1. The highest BCUT2D eigenvalue weighted by molar-refractivity contribution is 5.55. The zero-order valence-electron chi connectivity index (χ0n) is 12.3. The lowest BCUT2D eigenvalue weighted by Gasteiger charge is -2.37. The van der Waals surface area contributed by atoms with Crippen molar-refractivity contribution in [1.29, 1.82) is 0 Å². The molecular weight excluding hydrogens is 257 g/mol. The van der Waals surface area contributed by atoms with Gasteiger partial charge in [-0.05, 0) is 37.7 Å². The first-order chi connectivity index (χ1) is 9.65. The van der Waals surface area contributed by atoms with Gasteiger partial charge in [-0.25, -0.2) is 4.39 Å². The molecule has 1 aromatic carbocycles. The summed E-state index contributed by atoms with van der Waals surface area (Å²) < 4.78 is 13.5. The Balaban J connectivity index is 2.13. The number of halogens is 1. The SMILES string of the molecule is CNC(C)c1cc(F)ccc1N1CCN(CCO)CC1. The maximum absolute atomic E-state index is 13.5. The number of aliphatic hydroxyl groups excluding tert-OH is 1. The molecule has 2 rings (SSSR count). The summed E-state index contributed by atoms with van der Waals surface area (Å²) in [5, 5.41) is 12.2. The van der Waals surface area contributed by atoms with Crippen LogP contribution in [0.1, 0.15) is 18.5 Å². The Morgan fingerprint density at radius 3 is 2.60 bits per heavy atom. The van der Waals surface area contributed by atoms with Crippen LogP contribution in [0.15, 0.2) is 18.2 Å². The Kier molecular flexibility index (Phi) is 5.34. The van der Waals surface area contributed by atoms with E-state index in [0.717, 1.165) is 44.0 Å². The molecule has 0 aliphatic carbocycles. The summed E-state index contributed by atoms with van der Waals surface area (Å²) in [7, 11) is 1.89. The first-order valence-corrected chi connectivity index (χ1v) is 7.20. The van der Waals surface area contributed by atoms with E-state index in [-0.39, 0.29) is 18.5 Å². The van der Waals surface area contributed by atoms with E-state index in [1.807, 2.05) is 20.0 Å². The number of aliphatic hydroxyl groups is 1. The van der Waals surface area contributed by atoms with E-state index in [1.165, 1.54) is 6.07 Å². The fraction of sp³-hybridized carbons (Fsp3) is 0.600. The molecule has 0 saturated carbocycles. The lowest BCUT2D eigenvalue weighted by molar-refractivity contribution is 0.188. The normalized spacial score (nSPS) is 18.3. The first-order valence-electron chi connectivity index (χ1n) is 7.20. The molecule has 0 aromatic heterocycles. The molecule has 1 saturated heterocycles. The molecule has 1 aliphatic rings. The molecule has 1 unspecified atom stereocenters. The average molecular weight is 281 g/mol. The van der Waals surface area contributed by atoms with Gasteiger partial charge in [0.2, 0.25) is 0 Å². The maximum Gasteiger partial charge on any atom is 0.123 e. The fourth-order valence-corrected chi connectivity index (χ4v) is 2.67. The van der Waals surface area contributed by atoms with Crippen LogP contribution in [0.5, 0.6) is 0 Å². The number of rotatable bonds is 5. The zero-order chi connectivity index (χ0) is 14.5. The Morgan fingerprint density at radius 2 is 2.00 bits per heavy atom. The highest BCUT2D eigenvalue weighted by Gasteiger charge is 2.20. The van der Waals surface area contributed by atoms with Crippen molar-refractivity contribution >= 4 is 5.69 Å². The highest BCUT2D eigenvalue weighted by Crippen LogP contribution is 2.28. The minimum Gasteiger partial charge on any atom is -0.395 e.